The van der Waals surface area contributed by atoms with Crippen molar-refractivity contribution in [3.8, 4) is 17.0 Å². The maximum absolute atomic E-state index is 15.0. The predicted octanol–water partition coefficient (Wildman–Crippen LogP) is 2.94. The summed E-state index contributed by atoms with van der Waals surface area (Å²) in [6.07, 6.45) is -5.06. The van der Waals surface area contributed by atoms with Crippen molar-refractivity contribution in [2.75, 3.05) is 38.7 Å². The van der Waals surface area contributed by atoms with Crippen LogP contribution in [0.25, 0.3) is 27.7 Å². The zero-order chi connectivity index (χ0) is 26.6. The molecular formula is C23H24F4N8O2. The highest BCUT2D eigenvalue weighted by Gasteiger charge is 2.36. The number of methoxy groups -OCH3 is 1. The Morgan fingerprint density at radius 1 is 1.27 bits per heavy atom. The van der Waals surface area contributed by atoms with E-state index in [1.54, 1.807) is 12.1 Å². The lowest BCUT2D eigenvalue weighted by molar-refractivity contribution is -0.142. The molecule has 1 aromatic carbocycles. The zero-order valence-electron chi connectivity index (χ0n) is 20.7. The molecule has 2 fully saturated rings. The maximum Gasteiger partial charge on any atom is 0.408 e. The Kier molecular flexibility index (Phi) is 5.57. The van der Waals surface area contributed by atoms with Gasteiger partial charge in [-0.15, -0.1) is 10.2 Å². The van der Waals surface area contributed by atoms with Crippen molar-refractivity contribution in [2.45, 2.75) is 37.4 Å². The number of likely N-dealkylation sites (tertiary alicyclic amines) is 1. The molecule has 0 bridgehead atoms. The highest BCUT2D eigenvalue weighted by atomic mass is 19.4. The largest absolute Gasteiger partial charge is 0.479 e. The molecule has 0 amide bonds. The summed E-state index contributed by atoms with van der Waals surface area (Å²) in [6, 6.07) is 6.02. The first-order valence-corrected chi connectivity index (χ1v) is 11.8. The number of fused-ring (bicyclic) bond motifs is 2. The highest BCUT2D eigenvalue weighted by molar-refractivity contribution is 5.89. The predicted molar refractivity (Wildman–Crippen MR) is 125 cm³/mol. The van der Waals surface area contributed by atoms with Crippen molar-refractivity contribution in [1.29, 1.82) is 0 Å². The van der Waals surface area contributed by atoms with Crippen LogP contribution in [0.5, 0.6) is 5.88 Å². The van der Waals surface area contributed by atoms with Gasteiger partial charge in [-0.1, -0.05) is 11.3 Å². The molecular weight excluding hydrogens is 496 g/mol. The first kappa shape index (κ1) is 22.7. The number of ether oxygens (including phenoxy) is 2. The number of rotatable bonds is 6. The highest BCUT2D eigenvalue weighted by Crippen LogP contribution is 2.33. The van der Waals surface area contributed by atoms with Gasteiger partial charge in [0.25, 0.3) is 0 Å². The van der Waals surface area contributed by atoms with Crippen LogP contribution in [0.15, 0.2) is 30.4 Å². The van der Waals surface area contributed by atoms with Gasteiger partial charge in [-0.3, -0.25) is 4.90 Å². The van der Waals surface area contributed by atoms with Gasteiger partial charge in [0.05, 0.1) is 39.3 Å². The smallest absolute Gasteiger partial charge is 0.408 e. The number of nitrogens with zero attached hydrogens (tertiary/aromatic N) is 7. The van der Waals surface area contributed by atoms with Gasteiger partial charge in [-0.2, -0.15) is 18.2 Å². The molecule has 2 saturated heterocycles. The monoisotopic (exact) mass is 521 g/mol. The summed E-state index contributed by atoms with van der Waals surface area (Å²) >= 11 is 0. The minimum atomic E-state index is -4.46. The first-order chi connectivity index (χ1) is 18.2. The van der Waals surface area contributed by atoms with Gasteiger partial charge in [0.1, 0.15) is 23.7 Å². The van der Waals surface area contributed by atoms with E-state index < -0.39 is 24.9 Å². The second kappa shape index (κ2) is 9.10. The van der Waals surface area contributed by atoms with Crippen LogP contribution in [-0.4, -0.2) is 92.3 Å². The molecule has 3 aromatic heterocycles. The van der Waals surface area contributed by atoms with E-state index in [4.69, 9.17) is 10.8 Å². The van der Waals surface area contributed by atoms with E-state index in [2.05, 4.69) is 30.6 Å². The number of hydrogen-bond acceptors (Lipinski definition) is 8. The van der Waals surface area contributed by atoms with Crippen molar-refractivity contribution in [1.82, 2.24) is 34.5 Å². The molecule has 5 heterocycles. The fourth-order valence-corrected chi connectivity index (χ4v) is 4.79. The van der Waals surface area contributed by atoms with Crippen LogP contribution >= 0.6 is 0 Å². The minimum Gasteiger partial charge on any atom is -0.479 e. The number of hydrogen-bond donors (Lipinski definition) is 1. The van der Waals surface area contributed by atoms with Crippen LogP contribution in [0.3, 0.4) is 0 Å². The molecule has 0 saturated carbocycles. The van der Waals surface area contributed by atoms with E-state index in [1.165, 1.54) is 23.8 Å². The average Bonchev–Trinajstić information content (AvgIpc) is 3.38. The van der Waals surface area contributed by atoms with Crippen molar-refractivity contribution in [3.05, 3.63) is 30.4 Å². The molecule has 4 aromatic rings. The van der Waals surface area contributed by atoms with Gasteiger partial charge in [0.15, 0.2) is 0 Å². The molecule has 10 nitrogen and oxygen atoms in total. The van der Waals surface area contributed by atoms with Gasteiger partial charge in [0, 0.05) is 24.8 Å². The van der Waals surface area contributed by atoms with Crippen molar-refractivity contribution in [2.24, 2.45) is 0 Å². The number of anilines is 1. The third-order valence-electron chi connectivity index (χ3n) is 6.77. The molecule has 37 heavy (non-hydrogen) atoms. The standard InChI is InChI=1S/C23H24F4N8O2/c1-36-21-20-15(13-2-3-18-19(8-13)35(32-30-18)12-23(25,26)27)4-7-34(20)31-22(29-21)28-17-5-6-33(9-16(17)24)14-10-37-11-14/h2-4,7-8,14,16-17H,5-6,9-12H2,1H3,(H,28,31)/t16-,17-/m0/s1/i7D. The molecule has 0 radical (unpaired) electrons. The van der Waals surface area contributed by atoms with Gasteiger partial charge >= 0.3 is 6.18 Å². The summed E-state index contributed by atoms with van der Waals surface area (Å²) in [5.74, 6) is 0.249. The first-order valence-electron chi connectivity index (χ1n) is 12.3. The Balaban J connectivity index is 1.32. The zero-order valence-corrected chi connectivity index (χ0v) is 19.7. The number of aromatic nitrogens is 6. The number of halogens is 4. The molecule has 1 N–H and O–H groups in total. The number of alkyl halides is 4. The lowest BCUT2D eigenvalue weighted by atomic mass is 10.0. The van der Waals surface area contributed by atoms with Gasteiger partial charge in [0.2, 0.25) is 11.8 Å². The van der Waals surface area contributed by atoms with E-state index in [0.717, 1.165) is 4.68 Å². The second-order valence-corrected chi connectivity index (χ2v) is 9.20. The molecule has 14 heteroatoms. The van der Waals surface area contributed by atoms with Gasteiger partial charge in [-0.05, 0) is 30.2 Å². The van der Waals surface area contributed by atoms with Crippen molar-refractivity contribution in [3.63, 3.8) is 0 Å². The average molecular weight is 521 g/mol. The topological polar surface area (TPSA) is 94.6 Å². The molecule has 2 aliphatic heterocycles. The van der Waals surface area contributed by atoms with Crippen LogP contribution in [0.4, 0.5) is 23.5 Å². The molecule has 0 spiro atoms. The molecule has 0 aliphatic carbocycles. The molecule has 2 atom stereocenters. The van der Waals surface area contributed by atoms with Crippen LogP contribution in [0.1, 0.15) is 7.79 Å². The minimum absolute atomic E-state index is 0.00243. The molecule has 196 valence electrons. The fraction of sp³-hybridized carbons (Fsp3) is 0.478. The molecule has 6 rings (SSSR count). The van der Waals surface area contributed by atoms with E-state index in [-0.39, 0.29) is 36.1 Å². The Bertz CT molecular complexity index is 1490. The van der Waals surface area contributed by atoms with Crippen molar-refractivity contribution < 1.29 is 28.4 Å². The van der Waals surface area contributed by atoms with Crippen LogP contribution in [0, 0.1) is 0 Å². The number of nitrogens with one attached hydrogen (secondary N) is 1. The lowest BCUT2D eigenvalue weighted by Crippen LogP contribution is -2.57. The summed E-state index contributed by atoms with van der Waals surface area (Å²) in [4.78, 5) is 6.51. The Labute approximate surface area is 209 Å². The summed E-state index contributed by atoms with van der Waals surface area (Å²) < 4.78 is 75.3. The van der Waals surface area contributed by atoms with E-state index in [0.29, 0.717) is 48.3 Å². The Morgan fingerprint density at radius 3 is 2.81 bits per heavy atom. The molecule has 2 aliphatic rings. The summed E-state index contributed by atoms with van der Waals surface area (Å²) in [5.41, 5.74) is 1.85. The normalized spacial score (nSPS) is 21.8. The van der Waals surface area contributed by atoms with E-state index in [9.17, 15) is 17.6 Å². The third kappa shape index (κ3) is 4.55. The van der Waals surface area contributed by atoms with Gasteiger partial charge < -0.3 is 14.8 Å². The Morgan fingerprint density at radius 2 is 2.11 bits per heavy atom. The van der Waals surface area contributed by atoms with Crippen LogP contribution in [-0.2, 0) is 11.3 Å². The fourth-order valence-electron chi connectivity index (χ4n) is 4.79. The Hall–Kier alpha value is -3.52. The summed E-state index contributed by atoms with van der Waals surface area (Å²) in [6.45, 7) is 0.962. The van der Waals surface area contributed by atoms with Crippen molar-refractivity contribution >= 4 is 22.5 Å². The maximum atomic E-state index is 15.0. The lowest BCUT2D eigenvalue weighted by Gasteiger charge is -2.42. The second-order valence-electron chi connectivity index (χ2n) is 9.20. The van der Waals surface area contributed by atoms with E-state index in [1.807, 2.05) is 0 Å². The van der Waals surface area contributed by atoms with Crippen LogP contribution in [0.2, 0.25) is 0 Å². The van der Waals surface area contributed by atoms with Crippen LogP contribution < -0.4 is 10.1 Å². The molecule has 0 unspecified atom stereocenters. The van der Waals surface area contributed by atoms with Gasteiger partial charge in [-0.25, -0.2) is 13.6 Å². The third-order valence-corrected chi connectivity index (χ3v) is 6.77. The van der Waals surface area contributed by atoms with E-state index >= 15 is 0 Å². The SMILES string of the molecule is [2H]c1cc(-c2ccc3nnn(CC(F)(F)F)c3c2)c2c(OC)nc(N[C@H]3CCN(C4COC4)C[C@@H]3F)nn12. The summed E-state index contributed by atoms with van der Waals surface area (Å²) in [7, 11) is 1.41. The quantitative estimate of drug-likeness (QED) is 0.387. The summed E-state index contributed by atoms with van der Waals surface area (Å²) in [5, 5.41) is 14.9. The number of benzene rings is 1. The number of piperidine rings is 1.